The molecule has 0 saturated carbocycles. The van der Waals surface area contributed by atoms with Crippen molar-refractivity contribution in [3.63, 3.8) is 0 Å². The van der Waals surface area contributed by atoms with Gasteiger partial charge in [0.15, 0.2) is 11.6 Å². The Bertz CT molecular complexity index is 1440. The van der Waals surface area contributed by atoms with Crippen molar-refractivity contribution in [3.05, 3.63) is 45.0 Å². The second kappa shape index (κ2) is 11.1. The maximum Gasteiger partial charge on any atom is 0.261 e. The van der Waals surface area contributed by atoms with E-state index in [1.807, 2.05) is 0 Å². The Morgan fingerprint density at radius 2 is 1.92 bits per heavy atom. The molecule has 2 amide bonds. The molecule has 0 unspecified atom stereocenters. The van der Waals surface area contributed by atoms with Crippen molar-refractivity contribution >= 4 is 58.4 Å². The van der Waals surface area contributed by atoms with Gasteiger partial charge in [0.2, 0.25) is 11.7 Å². The smallest absolute Gasteiger partial charge is 0.261 e. The van der Waals surface area contributed by atoms with Crippen LogP contribution in [-0.2, 0) is 11.3 Å². The van der Waals surface area contributed by atoms with Crippen LogP contribution in [0, 0.1) is 0 Å². The molecule has 15 heteroatoms. The first-order valence-electron chi connectivity index (χ1n) is 11.0. The van der Waals surface area contributed by atoms with Crippen LogP contribution in [0.25, 0.3) is 11.6 Å². The number of carbonyl (C=O) groups excluding carboxylic acids is 2. The molecule has 200 valence electrons. The van der Waals surface area contributed by atoms with Crippen molar-refractivity contribution in [2.45, 2.75) is 6.54 Å². The van der Waals surface area contributed by atoms with Crippen LogP contribution in [0.1, 0.15) is 27.3 Å². The zero-order valence-electron chi connectivity index (χ0n) is 20.5. The molecule has 4 rings (SSSR count). The molecule has 5 N–H and O–H groups in total. The molecule has 3 aromatic rings. The molecule has 3 aromatic heterocycles. The molecule has 0 aliphatic carbocycles. The molecule has 4 heterocycles. The normalized spacial score (nSPS) is 13.6. The van der Waals surface area contributed by atoms with Gasteiger partial charge >= 0.3 is 0 Å². The predicted molar refractivity (Wildman–Crippen MR) is 140 cm³/mol. The summed E-state index contributed by atoms with van der Waals surface area (Å²) in [6, 6.07) is 1.54. The highest BCUT2D eigenvalue weighted by molar-refractivity contribution is 6.41. The summed E-state index contributed by atoms with van der Waals surface area (Å²) in [7, 11) is 4.23. The van der Waals surface area contributed by atoms with E-state index in [0.717, 1.165) is 0 Å². The summed E-state index contributed by atoms with van der Waals surface area (Å²) in [5.74, 6) is -0.400. The van der Waals surface area contributed by atoms with E-state index in [-0.39, 0.29) is 75.8 Å². The topological polar surface area (TPSA) is 178 Å². The number of aliphatic hydroxyl groups excluding tert-OH is 1. The quantitative estimate of drug-likeness (QED) is 0.222. The van der Waals surface area contributed by atoms with Gasteiger partial charge in [0.25, 0.3) is 17.7 Å². The Morgan fingerprint density at radius 3 is 2.58 bits per heavy atom. The predicted octanol–water partition coefficient (Wildman–Crippen LogP) is 1.92. The van der Waals surface area contributed by atoms with Gasteiger partial charge < -0.3 is 35.4 Å². The average molecular weight is 564 g/mol. The number of hydrogen-bond donors (Lipinski definition) is 4. The van der Waals surface area contributed by atoms with Gasteiger partial charge in [-0.05, 0) is 12.1 Å². The standard InChI is InChI=1S/C23H23Cl2N7O6/c1-36-16-15(24)13(29-21(38-3)17(16)37-2)9-32-19-14(18(25)30-23(26)31-19)12(22(32)35)7-11-6-10(8-28-11)20(34)27-4-5-33/h6-8,28,33H,4-5,9H2,1-3H3,(H,27,34)(H2,26,30,31)/b12-7-. The lowest BCUT2D eigenvalue weighted by Gasteiger charge is -2.19. The van der Waals surface area contributed by atoms with Gasteiger partial charge in [0.05, 0.1) is 56.9 Å². The molecule has 38 heavy (non-hydrogen) atoms. The summed E-state index contributed by atoms with van der Waals surface area (Å²) in [6.45, 7) is -0.237. The molecule has 13 nitrogen and oxygen atoms in total. The third-order valence-corrected chi connectivity index (χ3v) is 6.19. The van der Waals surface area contributed by atoms with E-state index in [1.165, 1.54) is 38.5 Å². The Balaban J connectivity index is 1.77. The van der Waals surface area contributed by atoms with Crippen LogP contribution < -0.4 is 30.2 Å². The largest absolute Gasteiger partial charge is 0.491 e. The number of halogens is 2. The summed E-state index contributed by atoms with van der Waals surface area (Å²) in [5, 5.41) is 11.5. The number of aromatic nitrogens is 4. The molecule has 0 radical (unpaired) electrons. The molecular weight excluding hydrogens is 541 g/mol. The molecule has 0 fully saturated rings. The summed E-state index contributed by atoms with van der Waals surface area (Å²) >= 11 is 13.0. The first-order chi connectivity index (χ1) is 18.2. The maximum atomic E-state index is 13.7. The number of amides is 2. The number of hydrogen-bond acceptors (Lipinski definition) is 10. The van der Waals surface area contributed by atoms with Gasteiger partial charge in [0, 0.05) is 18.4 Å². The molecule has 0 bridgehead atoms. The highest BCUT2D eigenvalue weighted by Crippen LogP contribution is 2.45. The van der Waals surface area contributed by atoms with Crippen LogP contribution in [0.2, 0.25) is 10.2 Å². The Labute approximate surface area is 226 Å². The van der Waals surface area contributed by atoms with Gasteiger partial charge in [-0.15, -0.1) is 0 Å². The third kappa shape index (κ3) is 4.90. The molecule has 0 saturated heterocycles. The van der Waals surface area contributed by atoms with E-state index >= 15 is 0 Å². The van der Waals surface area contributed by atoms with Crippen molar-refractivity contribution in [1.29, 1.82) is 0 Å². The third-order valence-electron chi connectivity index (χ3n) is 5.53. The highest BCUT2D eigenvalue weighted by Gasteiger charge is 2.38. The monoisotopic (exact) mass is 563 g/mol. The number of fused-ring (bicyclic) bond motifs is 1. The number of nitrogen functional groups attached to an aromatic ring is 1. The number of aliphatic hydroxyl groups is 1. The fourth-order valence-corrected chi connectivity index (χ4v) is 4.39. The van der Waals surface area contributed by atoms with Crippen LogP contribution in [0.3, 0.4) is 0 Å². The van der Waals surface area contributed by atoms with Crippen LogP contribution in [0.4, 0.5) is 11.8 Å². The lowest BCUT2D eigenvalue weighted by atomic mass is 10.1. The minimum atomic E-state index is -0.491. The van der Waals surface area contributed by atoms with Crippen LogP contribution in [-0.4, -0.2) is 71.3 Å². The number of ether oxygens (including phenoxy) is 3. The van der Waals surface area contributed by atoms with Crippen molar-refractivity contribution in [1.82, 2.24) is 25.3 Å². The Morgan fingerprint density at radius 1 is 1.18 bits per heavy atom. The first kappa shape index (κ1) is 27.0. The number of aromatic amines is 1. The van der Waals surface area contributed by atoms with E-state index in [2.05, 4.69) is 25.3 Å². The molecular formula is C23H23Cl2N7O6. The number of nitrogens with zero attached hydrogens (tertiary/aromatic N) is 4. The van der Waals surface area contributed by atoms with Crippen molar-refractivity contribution < 1.29 is 28.9 Å². The number of H-pyrrole nitrogens is 1. The molecule has 0 atom stereocenters. The number of pyridine rings is 1. The number of nitrogens with one attached hydrogen (secondary N) is 2. The van der Waals surface area contributed by atoms with Gasteiger partial charge in [-0.2, -0.15) is 4.98 Å². The van der Waals surface area contributed by atoms with Crippen molar-refractivity contribution in [2.24, 2.45) is 0 Å². The number of methoxy groups -OCH3 is 3. The van der Waals surface area contributed by atoms with Gasteiger partial charge in [-0.3, -0.25) is 14.5 Å². The van der Waals surface area contributed by atoms with Crippen LogP contribution in [0.15, 0.2) is 12.3 Å². The van der Waals surface area contributed by atoms with Crippen molar-refractivity contribution in [3.8, 4) is 17.4 Å². The minimum absolute atomic E-state index is 0.0361. The SMILES string of the molecule is COc1nc(CN2C(=O)/C(=C\c3cc(C(=O)NCCO)c[nH]3)c3c(Cl)nc(N)nc32)c(Cl)c(OC)c1OC. The van der Waals surface area contributed by atoms with E-state index in [4.69, 9.17) is 48.3 Å². The lowest BCUT2D eigenvalue weighted by Crippen LogP contribution is -2.27. The maximum absolute atomic E-state index is 13.7. The number of anilines is 2. The van der Waals surface area contributed by atoms with E-state index in [9.17, 15) is 9.59 Å². The van der Waals surface area contributed by atoms with Gasteiger partial charge in [-0.1, -0.05) is 23.2 Å². The van der Waals surface area contributed by atoms with E-state index in [1.54, 1.807) is 6.07 Å². The fourth-order valence-electron chi connectivity index (χ4n) is 3.85. The molecule has 0 spiro atoms. The average Bonchev–Trinajstić information content (AvgIpc) is 3.47. The number of nitrogens with two attached hydrogens (primary N) is 1. The van der Waals surface area contributed by atoms with Crippen molar-refractivity contribution in [2.75, 3.05) is 45.1 Å². The highest BCUT2D eigenvalue weighted by atomic mass is 35.5. The number of rotatable bonds is 9. The fraction of sp³-hybridized carbons (Fsp3) is 0.261. The second-order valence-corrected chi connectivity index (χ2v) is 8.53. The minimum Gasteiger partial charge on any atom is -0.491 e. The number of carbonyl (C=O) groups is 2. The zero-order chi connectivity index (χ0) is 27.6. The van der Waals surface area contributed by atoms with Crippen LogP contribution in [0.5, 0.6) is 17.4 Å². The van der Waals surface area contributed by atoms with Gasteiger partial charge in [-0.25, -0.2) is 9.97 Å². The summed E-state index contributed by atoms with van der Waals surface area (Å²) in [5.41, 5.74) is 7.21. The Hall–Kier alpha value is -4.07. The molecule has 1 aliphatic rings. The Kier molecular flexibility index (Phi) is 7.90. The second-order valence-electron chi connectivity index (χ2n) is 7.79. The first-order valence-corrected chi connectivity index (χ1v) is 11.8. The summed E-state index contributed by atoms with van der Waals surface area (Å²) < 4.78 is 16.0. The van der Waals surface area contributed by atoms with E-state index in [0.29, 0.717) is 11.3 Å². The summed E-state index contributed by atoms with van der Waals surface area (Å²) in [6.07, 6.45) is 2.98. The van der Waals surface area contributed by atoms with E-state index < -0.39 is 11.8 Å². The zero-order valence-corrected chi connectivity index (χ0v) is 22.0. The molecule has 1 aliphatic heterocycles. The molecule has 0 aromatic carbocycles. The van der Waals surface area contributed by atoms with Crippen LogP contribution >= 0.6 is 23.2 Å². The summed E-state index contributed by atoms with van der Waals surface area (Å²) in [4.78, 5) is 42.7. The lowest BCUT2D eigenvalue weighted by molar-refractivity contribution is -0.113. The van der Waals surface area contributed by atoms with Gasteiger partial charge in [0.1, 0.15) is 10.2 Å².